The lowest BCUT2D eigenvalue weighted by molar-refractivity contribution is -0.140. The molecule has 182 valence electrons. The van der Waals surface area contributed by atoms with Gasteiger partial charge in [-0.1, -0.05) is 43.0 Å². The maximum Gasteiger partial charge on any atom is 0.338 e. The van der Waals surface area contributed by atoms with Crippen molar-refractivity contribution in [2.24, 2.45) is 0 Å². The molecule has 9 heteroatoms. The summed E-state index contributed by atoms with van der Waals surface area (Å²) in [6.07, 6.45) is 4.61. The molecule has 0 radical (unpaired) electrons. The number of rotatable bonds is 7. The lowest BCUT2D eigenvalue weighted by atomic mass is 9.94. The van der Waals surface area contributed by atoms with E-state index in [4.69, 9.17) is 16.3 Å². The van der Waals surface area contributed by atoms with Crippen molar-refractivity contribution < 1.29 is 23.9 Å². The van der Waals surface area contributed by atoms with Crippen molar-refractivity contribution >= 4 is 46.7 Å². The van der Waals surface area contributed by atoms with E-state index < -0.39 is 23.7 Å². The molecule has 4 rings (SSSR count). The monoisotopic (exact) mass is 495 g/mol. The van der Waals surface area contributed by atoms with Gasteiger partial charge in [0.25, 0.3) is 17.7 Å². The van der Waals surface area contributed by atoms with Gasteiger partial charge in [-0.2, -0.15) is 0 Å². The molecule has 35 heavy (non-hydrogen) atoms. The summed E-state index contributed by atoms with van der Waals surface area (Å²) in [6, 6.07) is 12.8. The molecule has 1 saturated carbocycles. The highest BCUT2D eigenvalue weighted by Gasteiger charge is 2.42. The SMILES string of the molecule is CCOC(=O)c1cccc(NC(=O)c2cccc(NC3=C(Cl)C(=O)N(C4CCCCC4)C3=O)c2)c1. The first-order valence-corrected chi connectivity index (χ1v) is 12.0. The van der Waals surface area contributed by atoms with Crippen LogP contribution in [0.5, 0.6) is 0 Å². The van der Waals surface area contributed by atoms with Crippen LogP contribution in [0, 0.1) is 0 Å². The second-order valence-corrected chi connectivity index (χ2v) is 8.80. The maximum atomic E-state index is 13.0. The van der Waals surface area contributed by atoms with Gasteiger partial charge in [-0.3, -0.25) is 19.3 Å². The lowest BCUT2D eigenvalue weighted by Crippen LogP contribution is -2.42. The summed E-state index contributed by atoms with van der Waals surface area (Å²) in [4.78, 5) is 51.7. The summed E-state index contributed by atoms with van der Waals surface area (Å²) in [6.45, 7) is 1.97. The number of nitrogens with one attached hydrogen (secondary N) is 2. The molecule has 1 fully saturated rings. The van der Waals surface area contributed by atoms with E-state index in [1.54, 1.807) is 49.4 Å². The molecule has 1 aliphatic heterocycles. The van der Waals surface area contributed by atoms with Gasteiger partial charge in [-0.05, 0) is 56.2 Å². The molecule has 0 unspecified atom stereocenters. The van der Waals surface area contributed by atoms with Crippen LogP contribution in [-0.2, 0) is 14.3 Å². The normalized spacial score (nSPS) is 16.5. The molecule has 2 aromatic rings. The molecule has 0 spiro atoms. The van der Waals surface area contributed by atoms with Crippen molar-refractivity contribution in [1.82, 2.24) is 4.90 Å². The van der Waals surface area contributed by atoms with Crippen LogP contribution >= 0.6 is 11.6 Å². The minimum atomic E-state index is -0.485. The molecule has 2 aromatic carbocycles. The number of halogens is 1. The van der Waals surface area contributed by atoms with Crippen LogP contribution in [0.1, 0.15) is 59.7 Å². The van der Waals surface area contributed by atoms with Crippen molar-refractivity contribution in [2.75, 3.05) is 17.2 Å². The highest BCUT2D eigenvalue weighted by Crippen LogP contribution is 2.32. The molecule has 8 nitrogen and oxygen atoms in total. The molecule has 0 aromatic heterocycles. The van der Waals surface area contributed by atoms with Crippen molar-refractivity contribution in [3.05, 3.63) is 70.4 Å². The average Bonchev–Trinajstić information content (AvgIpc) is 3.08. The number of imide groups is 1. The fourth-order valence-corrected chi connectivity index (χ4v) is 4.54. The molecule has 0 bridgehead atoms. The maximum absolute atomic E-state index is 13.0. The summed E-state index contributed by atoms with van der Waals surface area (Å²) in [5.74, 6) is -1.82. The van der Waals surface area contributed by atoms with E-state index in [-0.39, 0.29) is 23.4 Å². The number of anilines is 2. The quantitative estimate of drug-likeness (QED) is 0.427. The number of benzene rings is 2. The van der Waals surface area contributed by atoms with Gasteiger partial charge in [0.15, 0.2) is 0 Å². The summed E-state index contributed by atoms with van der Waals surface area (Å²) in [7, 11) is 0. The van der Waals surface area contributed by atoms with Gasteiger partial charge < -0.3 is 15.4 Å². The molecule has 2 N–H and O–H groups in total. The van der Waals surface area contributed by atoms with Gasteiger partial charge in [-0.15, -0.1) is 0 Å². The summed E-state index contributed by atoms with van der Waals surface area (Å²) in [5, 5.41) is 5.53. The van der Waals surface area contributed by atoms with Crippen molar-refractivity contribution in [2.45, 2.75) is 45.1 Å². The third-order valence-electron chi connectivity index (χ3n) is 6.02. The van der Waals surface area contributed by atoms with Crippen LogP contribution < -0.4 is 10.6 Å². The van der Waals surface area contributed by atoms with Crippen molar-refractivity contribution in [3.8, 4) is 0 Å². The largest absolute Gasteiger partial charge is 0.462 e. The van der Waals surface area contributed by atoms with Crippen LogP contribution in [0.15, 0.2) is 59.3 Å². The Morgan fingerprint density at radius 2 is 1.63 bits per heavy atom. The minimum absolute atomic E-state index is 0.0157. The Balaban J connectivity index is 1.47. The Morgan fingerprint density at radius 1 is 0.971 bits per heavy atom. The fourth-order valence-electron chi connectivity index (χ4n) is 4.32. The number of ether oxygens (including phenoxy) is 1. The van der Waals surface area contributed by atoms with E-state index in [1.165, 1.54) is 11.0 Å². The molecular formula is C26H26ClN3O5. The lowest BCUT2D eigenvalue weighted by Gasteiger charge is -2.29. The van der Waals surface area contributed by atoms with Crippen LogP contribution in [0.3, 0.4) is 0 Å². The Bertz CT molecular complexity index is 1200. The van der Waals surface area contributed by atoms with Gasteiger partial charge in [0.1, 0.15) is 10.7 Å². The molecular weight excluding hydrogens is 470 g/mol. The number of carbonyl (C=O) groups is 4. The predicted molar refractivity (Wildman–Crippen MR) is 132 cm³/mol. The van der Waals surface area contributed by atoms with Crippen molar-refractivity contribution in [3.63, 3.8) is 0 Å². The Morgan fingerprint density at radius 3 is 2.34 bits per heavy atom. The smallest absolute Gasteiger partial charge is 0.338 e. The first kappa shape index (κ1) is 24.5. The van der Waals surface area contributed by atoms with E-state index >= 15 is 0 Å². The third-order valence-corrected chi connectivity index (χ3v) is 6.37. The van der Waals surface area contributed by atoms with Crippen LogP contribution in [0.2, 0.25) is 0 Å². The molecule has 3 amide bonds. The Hall–Kier alpha value is -3.65. The summed E-state index contributed by atoms with van der Waals surface area (Å²) < 4.78 is 4.99. The summed E-state index contributed by atoms with van der Waals surface area (Å²) in [5.41, 5.74) is 1.53. The highest BCUT2D eigenvalue weighted by atomic mass is 35.5. The van der Waals surface area contributed by atoms with Gasteiger partial charge in [0.05, 0.1) is 12.2 Å². The zero-order valence-corrected chi connectivity index (χ0v) is 20.1. The van der Waals surface area contributed by atoms with Gasteiger partial charge in [0, 0.05) is 23.0 Å². The third kappa shape index (κ3) is 5.38. The zero-order valence-electron chi connectivity index (χ0n) is 19.3. The number of hydrogen-bond acceptors (Lipinski definition) is 6. The van der Waals surface area contributed by atoms with Gasteiger partial charge in [0.2, 0.25) is 0 Å². The van der Waals surface area contributed by atoms with Crippen molar-refractivity contribution in [1.29, 1.82) is 0 Å². The van der Waals surface area contributed by atoms with E-state index in [1.807, 2.05) is 0 Å². The Kier molecular flexibility index (Phi) is 7.51. The number of amides is 3. The molecule has 2 aliphatic rings. The number of hydrogen-bond donors (Lipinski definition) is 2. The molecule has 1 aliphatic carbocycles. The first-order chi connectivity index (χ1) is 16.9. The van der Waals surface area contributed by atoms with Gasteiger partial charge in [-0.25, -0.2) is 4.79 Å². The van der Waals surface area contributed by atoms with E-state index in [0.717, 1.165) is 32.1 Å². The minimum Gasteiger partial charge on any atom is -0.462 e. The molecule has 0 atom stereocenters. The zero-order chi connectivity index (χ0) is 24.9. The topological polar surface area (TPSA) is 105 Å². The average molecular weight is 496 g/mol. The second-order valence-electron chi connectivity index (χ2n) is 8.42. The highest BCUT2D eigenvalue weighted by molar-refractivity contribution is 6.48. The van der Waals surface area contributed by atoms with Gasteiger partial charge >= 0.3 is 5.97 Å². The van der Waals surface area contributed by atoms with Crippen LogP contribution in [0.25, 0.3) is 0 Å². The van der Waals surface area contributed by atoms with E-state index in [9.17, 15) is 19.2 Å². The van der Waals surface area contributed by atoms with E-state index in [0.29, 0.717) is 22.5 Å². The second kappa shape index (κ2) is 10.7. The Labute approximate surface area is 208 Å². The fraction of sp³-hybridized carbons (Fsp3) is 0.308. The van der Waals surface area contributed by atoms with E-state index in [2.05, 4.69) is 10.6 Å². The summed E-state index contributed by atoms with van der Waals surface area (Å²) >= 11 is 6.25. The standard InChI is InChI=1S/C26H26ClN3O5/c1-2-35-26(34)17-9-7-11-19(15-17)29-23(31)16-8-6-10-18(14-16)28-22-21(27)24(32)30(25(22)33)20-12-4-3-5-13-20/h6-11,14-15,20,28H,2-5,12-13H2,1H3,(H,29,31). The number of carbonyl (C=O) groups excluding carboxylic acids is 4. The predicted octanol–water partition coefficient (Wildman–Crippen LogP) is 4.68. The first-order valence-electron chi connectivity index (χ1n) is 11.6. The number of esters is 1. The van der Waals surface area contributed by atoms with Crippen LogP contribution in [-0.4, -0.2) is 41.2 Å². The molecule has 1 heterocycles. The number of nitrogens with zero attached hydrogens (tertiary/aromatic N) is 1. The molecule has 0 saturated heterocycles. The van der Waals surface area contributed by atoms with Crippen LogP contribution in [0.4, 0.5) is 11.4 Å².